The second kappa shape index (κ2) is 6.73. The SMILES string of the molecule is CC(C)(C#N)n1nc(C2CC2)c2c1OC[C@@H]1CC[C@H]1Nc1nc(ncc1C(F)(F)F)N2. The van der Waals surface area contributed by atoms with Crippen LogP contribution in [0.25, 0.3) is 0 Å². The fraction of sp³-hybridized carbons (Fsp3) is 0.600. The molecule has 164 valence electrons. The average Bonchev–Trinajstić information content (AvgIpc) is 3.47. The van der Waals surface area contributed by atoms with Gasteiger partial charge >= 0.3 is 6.18 Å². The number of halogens is 3. The average molecular weight is 433 g/mol. The summed E-state index contributed by atoms with van der Waals surface area (Å²) in [4.78, 5) is 8.07. The van der Waals surface area contributed by atoms with Crippen LogP contribution in [0.2, 0.25) is 0 Å². The molecular weight excluding hydrogens is 411 g/mol. The quantitative estimate of drug-likeness (QED) is 0.734. The third-order valence-corrected chi connectivity index (χ3v) is 6.14. The van der Waals surface area contributed by atoms with Gasteiger partial charge in [-0.05, 0) is 39.5 Å². The predicted molar refractivity (Wildman–Crippen MR) is 105 cm³/mol. The number of alkyl halides is 3. The van der Waals surface area contributed by atoms with Crippen molar-refractivity contribution >= 4 is 17.5 Å². The minimum absolute atomic E-state index is 0.0170. The number of hydrogen-bond acceptors (Lipinski definition) is 7. The van der Waals surface area contributed by atoms with Crippen molar-refractivity contribution in [2.45, 2.75) is 63.2 Å². The molecule has 11 heteroatoms. The molecule has 2 aromatic rings. The van der Waals surface area contributed by atoms with Crippen LogP contribution in [0.1, 0.15) is 56.7 Å². The number of anilines is 3. The van der Waals surface area contributed by atoms with E-state index in [9.17, 15) is 18.4 Å². The molecule has 5 rings (SSSR count). The summed E-state index contributed by atoms with van der Waals surface area (Å²) in [6.07, 6.45) is -0.327. The summed E-state index contributed by atoms with van der Waals surface area (Å²) in [5.74, 6) is 0.402. The Kier molecular flexibility index (Phi) is 4.32. The van der Waals surface area contributed by atoms with Gasteiger partial charge in [-0.1, -0.05) is 0 Å². The molecule has 1 aliphatic heterocycles. The number of nitriles is 1. The number of nitrogens with zero attached hydrogens (tertiary/aromatic N) is 5. The molecule has 2 fully saturated rings. The van der Waals surface area contributed by atoms with E-state index < -0.39 is 17.3 Å². The first-order valence-corrected chi connectivity index (χ1v) is 10.3. The molecule has 0 spiro atoms. The van der Waals surface area contributed by atoms with Gasteiger partial charge in [-0.15, -0.1) is 0 Å². The van der Waals surface area contributed by atoms with Crippen molar-refractivity contribution in [2.75, 3.05) is 17.2 Å². The lowest BCUT2D eigenvalue weighted by molar-refractivity contribution is -0.137. The van der Waals surface area contributed by atoms with E-state index in [1.807, 2.05) is 0 Å². The second-order valence-corrected chi connectivity index (χ2v) is 8.90. The molecule has 3 heterocycles. The summed E-state index contributed by atoms with van der Waals surface area (Å²) in [7, 11) is 0. The van der Waals surface area contributed by atoms with Crippen molar-refractivity contribution in [1.29, 1.82) is 5.26 Å². The van der Waals surface area contributed by atoms with Gasteiger partial charge < -0.3 is 15.4 Å². The van der Waals surface area contributed by atoms with Crippen LogP contribution >= 0.6 is 0 Å². The molecule has 2 atom stereocenters. The van der Waals surface area contributed by atoms with E-state index in [1.165, 1.54) is 0 Å². The van der Waals surface area contributed by atoms with Crippen molar-refractivity contribution in [3.63, 3.8) is 0 Å². The van der Waals surface area contributed by atoms with Gasteiger partial charge in [0.2, 0.25) is 11.8 Å². The van der Waals surface area contributed by atoms with Gasteiger partial charge in [0.1, 0.15) is 22.6 Å². The lowest BCUT2D eigenvalue weighted by Gasteiger charge is -2.37. The standard InChI is InChI=1S/C20H22F3N7O/c1-19(2,9-24)30-17-15(14(29-30)10-3-4-10)27-18-25-7-12(20(21,22)23)16(28-18)26-13-6-5-11(13)8-31-17/h7,10-11,13H,3-6,8H2,1-2H3,(H2,25,26,27,28)/t11-,13+/m0/s1. The lowest BCUT2D eigenvalue weighted by atomic mass is 9.80. The Morgan fingerprint density at radius 3 is 2.61 bits per heavy atom. The molecule has 2 aliphatic carbocycles. The molecule has 2 aromatic heterocycles. The van der Waals surface area contributed by atoms with Crippen molar-refractivity contribution in [2.24, 2.45) is 5.92 Å². The molecule has 8 nitrogen and oxygen atoms in total. The van der Waals surface area contributed by atoms with Gasteiger partial charge in [0.05, 0.1) is 18.4 Å². The fourth-order valence-corrected chi connectivity index (χ4v) is 3.93. The Labute approximate surface area is 176 Å². The normalized spacial score (nSPS) is 23.0. The summed E-state index contributed by atoms with van der Waals surface area (Å²) in [5.41, 5.74) is -0.620. The minimum Gasteiger partial charge on any atom is -0.476 e. The maximum atomic E-state index is 13.5. The number of rotatable bonds is 2. The zero-order valence-electron chi connectivity index (χ0n) is 17.1. The highest BCUT2D eigenvalue weighted by Gasteiger charge is 2.41. The van der Waals surface area contributed by atoms with Crippen LogP contribution in [0.3, 0.4) is 0 Å². The van der Waals surface area contributed by atoms with E-state index in [4.69, 9.17) is 4.74 Å². The summed E-state index contributed by atoms with van der Waals surface area (Å²) >= 11 is 0. The summed E-state index contributed by atoms with van der Waals surface area (Å²) in [6, 6.07) is 2.06. The Morgan fingerprint density at radius 1 is 1.23 bits per heavy atom. The molecule has 0 unspecified atom stereocenters. The number of aromatic nitrogens is 4. The monoisotopic (exact) mass is 433 g/mol. The van der Waals surface area contributed by atoms with Gasteiger partial charge in [0, 0.05) is 24.1 Å². The van der Waals surface area contributed by atoms with Gasteiger partial charge in [0.25, 0.3) is 0 Å². The Hall–Kier alpha value is -3.03. The molecule has 31 heavy (non-hydrogen) atoms. The van der Waals surface area contributed by atoms with Crippen LogP contribution in [0.15, 0.2) is 6.20 Å². The zero-order valence-corrected chi connectivity index (χ0v) is 17.1. The largest absolute Gasteiger partial charge is 0.476 e. The number of hydrogen-bond donors (Lipinski definition) is 2. The molecule has 0 aromatic carbocycles. The predicted octanol–water partition coefficient (Wildman–Crippen LogP) is 4.15. The molecule has 0 amide bonds. The summed E-state index contributed by atoms with van der Waals surface area (Å²) < 4.78 is 48.3. The molecule has 0 saturated heterocycles. The van der Waals surface area contributed by atoms with Gasteiger partial charge in [-0.3, -0.25) is 0 Å². The maximum absolute atomic E-state index is 13.5. The van der Waals surface area contributed by atoms with Crippen molar-refractivity contribution < 1.29 is 17.9 Å². The Morgan fingerprint density at radius 2 is 2.00 bits per heavy atom. The highest BCUT2D eigenvalue weighted by Crippen LogP contribution is 2.48. The van der Waals surface area contributed by atoms with Crippen LogP contribution in [0.5, 0.6) is 5.88 Å². The van der Waals surface area contributed by atoms with E-state index in [0.717, 1.165) is 37.6 Å². The van der Waals surface area contributed by atoms with Gasteiger partial charge in [-0.25, -0.2) is 9.67 Å². The van der Waals surface area contributed by atoms with Crippen LogP contribution < -0.4 is 15.4 Å². The minimum atomic E-state index is -4.57. The van der Waals surface area contributed by atoms with E-state index >= 15 is 0 Å². The second-order valence-electron chi connectivity index (χ2n) is 8.90. The molecule has 2 N–H and O–H groups in total. The summed E-state index contributed by atoms with van der Waals surface area (Å²) in [6.45, 7) is 3.78. The molecule has 0 radical (unpaired) electrons. The topological polar surface area (TPSA) is 101 Å². The Bertz CT molecular complexity index is 1070. The van der Waals surface area contributed by atoms with E-state index in [0.29, 0.717) is 18.2 Å². The van der Waals surface area contributed by atoms with Gasteiger partial charge in [0.15, 0.2) is 0 Å². The third-order valence-electron chi connectivity index (χ3n) is 6.14. The zero-order chi connectivity index (χ0) is 22.0. The fourth-order valence-electron chi connectivity index (χ4n) is 3.93. The number of ether oxygens (including phenoxy) is 1. The van der Waals surface area contributed by atoms with E-state index in [2.05, 4.69) is 31.8 Å². The lowest BCUT2D eigenvalue weighted by Crippen LogP contribution is -2.42. The maximum Gasteiger partial charge on any atom is 0.421 e. The molecule has 2 saturated carbocycles. The van der Waals surface area contributed by atoms with E-state index in [1.54, 1.807) is 18.5 Å². The number of nitrogens with one attached hydrogen (secondary N) is 2. The van der Waals surface area contributed by atoms with E-state index in [-0.39, 0.29) is 29.6 Å². The Balaban J connectivity index is 1.65. The summed E-state index contributed by atoms with van der Waals surface area (Å²) in [5, 5.41) is 20.4. The first-order chi connectivity index (χ1) is 14.7. The highest BCUT2D eigenvalue weighted by molar-refractivity contribution is 5.67. The molecular formula is C20H22F3N7O. The van der Waals surface area contributed by atoms with Crippen molar-refractivity contribution in [3.05, 3.63) is 17.5 Å². The first-order valence-electron chi connectivity index (χ1n) is 10.3. The van der Waals surface area contributed by atoms with Crippen LogP contribution in [0.4, 0.5) is 30.6 Å². The highest BCUT2D eigenvalue weighted by atomic mass is 19.4. The van der Waals surface area contributed by atoms with Crippen LogP contribution in [-0.4, -0.2) is 32.4 Å². The first kappa shape index (κ1) is 19.9. The van der Waals surface area contributed by atoms with Crippen molar-refractivity contribution in [3.8, 4) is 11.9 Å². The molecule has 3 aliphatic rings. The number of fused-ring (bicyclic) bond motifs is 4. The van der Waals surface area contributed by atoms with Crippen LogP contribution in [-0.2, 0) is 11.7 Å². The van der Waals surface area contributed by atoms with Crippen LogP contribution in [0, 0.1) is 17.2 Å². The van der Waals surface area contributed by atoms with Crippen molar-refractivity contribution in [1.82, 2.24) is 19.7 Å². The molecule has 2 bridgehead atoms. The third kappa shape index (κ3) is 3.43. The van der Waals surface area contributed by atoms with Gasteiger partial charge in [-0.2, -0.15) is 28.5 Å². The smallest absolute Gasteiger partial charge is 0.421 e.